The van der Waals surface area contributed by atoms with E-state index in [2.05, 4.69) is 49.5 Å². The van der Waals surface area contributed by atoms with Gasteiger partial charge in [-0.2, -0.15) is 0 Å². The molecule has 82 valence electrons. The van der Waals surface area contributed by atoms with Crippen LogP contribution in [0, 0.1) is 0 Å². The molecule has 15 heavy (non-hydrogen) atoms. The third kappa shape index (κ3) is 2.58. The fourth-order valence-electron chi connectivity index (χ4n) is 2.11. The monoisotopic (exact) mass is 205 g/mol. The second-order valence-corrected chi connectivity index (χ2v) is 4.27. The Balaban J connectivity index is 1.95. The first-order valence-corrected chi connectivity index (χ1v) is 5.70. The molecule has 0 radical (unpaired) electrons. The first-order chi connectivity index (χ1) is 7.27. The fraction of sp³-hybridized carbons (Fsp3) is 0.538. The minimum Gasteiger partial charge on any atom is -0.377 e. The summed E-state index contributed by atoms with van der Waals surface area (Å²) in [6.45, 7) is 5.24. The molecule has 0 aromatic heterocycles. The summed E-state index contributed by atoms with van der Waals surface area (Å²) in [6, 6.07) is 11.5. The van der Waals surface area contributed by atoms with Crippen molar-refractivity contribution in [2.75, 3.05) is 6.61 Å². The van der Waals surface area contributed by atoms with Crippen molar-refractivity contribution in [1.82, 2.24) is 5.32 Å². The molecule has 1 aliphatic rings. The standard InChI is InChI=1S/C13H19NO/c1-10(12-6-4-3-5-7-12)14-13-8-9-15-11(13)2/h3-7,10-11,13-14H,8-9H2,1-2H3/t10-,11-,13+/m0/s1. The molecular formula is C13H19NO. The summed E-state index contributed by atoms with van der Waals surface area (Å²) < 4.78 is 5.54. The van der Waals surface area contributed by atoms with E-state index in [1.807, 2.05) is 0 Å². The molecule has 0 bridgehead atoms. The third-order valence-corrected chi connectivity index (χ3v) is 3.14. The van der Waals surface area contributed by atoms with Gasteiger partial charge in [-0.1, -0.05) is 30.3 Å². The molecule has 2 heteroatoms. The molecule has 0 saturated carbocycles. The molecule has 2 nitrogen and oxygen atoms in total. The zero-order valence-electron chi connectivity index (χ0n) is 9.44. The van der Waals surface area contributed by atoms with Gasteiger partial charge >= 0.3 is 0 Å². The normalized spacial score (nSPS) is 27.9. The maximum atomic E-state index is 5.54. The van der Waals surface area contributed by atoms with Gasteiger partial charge in [-0.15, -0.1) is 0 Å². The van der Waals surface area contributed by atoms with Crippen molar-refractivity contribution in [3.8, 4) is 0 Å². The molecule has 0 aliphatic carbocycles. The molecule has 1 heterocycles. The lowest BCUT2D eigenvalue weighted by atomic mass is 10.1. The molecular weight excluding hydrogens is 186 g/mol. The zero-order chi connectivity index (χ0) is 10.7. The Hall–Kier alpha value is -0.860. The highest BCUT2D eigenvalue weighted by Gasteiger charge is 2.25. The maximum absolute atomic E-state index is 5.54. The molecule has 1 aromatic carbocycles. The van der Waals surface area contributed by atoms with E-state index in [0.717, 1.165) is 13.0 Å². The molecule has 2 rings (SSSR count). The van der Waals surface area contributed by atoms with Gasteiger partial charge in [-0.3, -0.25) is 0 Å². The van der Waals surface area contributed by atoms with Crippen molar-refractivity contribution in [2.45, 2.75) is 38.5 Å². The second-order valence-electron chi connectivity index (χ2n) is 4.27. The quantitative estimate of drug-likeness (QED) is 0.818. The van der Waals surface area contributed by atoms with Crippen LogP contribution in [-0.2, 0) is 4.74 Å². The van der Waals surface area contributed by atoms with Gasteiger partial charge in [0.1, 0.15) is 0 Å². The molecule has 3 atom stereocenters. The van der Waals surface area contributed by atoms with E-state index < -0.39 is 0 Å². The summed E-state index contributed by atoms with van der Waals surface area (Å²) in [5.74, 6) is 0. The van der Waals surface area contributed by atoms with Crippen molar-refractivity contribution in [2.24, 2.45) is 0 Å². The van der Waals surface area contributed by atoms with Gasteiger partial charge in [0.05, 0.1) is 6.10 Å². The van der Waals surface area contributed by atoms with Crippen LogP contribution in [0.4, 0.5) is 0 Å². The molecule has 0 spiro atoms. The van der Waals surface area contributed by atoms with Gasteiger partial charge < -0.3 is 10.1 Å². The van der Waals surface area contributed by atoms with Crippen molar-refractivity contribution in [3.05, 3.63) is 35.9 Å². The highest BCUT2D eigenvalue weighted by atomic mass is 16.5. The Kier molecular flexibility index (Phi) is 3.39. The largest absolute Gasteiger partial charge is 0.377 e. The maximum Gasteiger partial charge on any atom is 0.0700 e. The van der Waals surface area contributed by atoms with Crippen LogP contribution in [-0.4, -0.2) is 18.8 Å². The summed E-state index contributed by atoms with van der Waals surface area (Å²) in [5.41, 5.74) is 1.34. The zero-order valence-corrected chi connectivity index (χ0v) is 9.44. The Morgan fingerprint density at radius 2 is 2.07 bits per heavy atom. The lowest BCUT2D eigenvalue weighted by Crippen LogP contribution is -2.36. The van der Waals surface area contributed by atoms with Gasteiger partial charge in [0, 0.05) is 18.7 Å². The van der Waals surface area contributed by atoms with Crippen LogP contribution in [0.5, 0.6) is 0 Å². The Morgan fingerprint density at radius 3 is 2.67 bits per heavy atom. The van der Waals surface area contributed by atoms with Crippen molar-refractivity contribution in [3.63, 3.8) is 0 Å². The van der Waals surface area contributed by atoms with Crippen LogP contribution in [0.25, 0.3) is 0 Å². The number of nitrogens with one attached hydrogen (secondary N) is 1. The van der Waals surface area contributed by atoms with Gasteiger partial charge in [0.15, 0.2) is 0 Å². The first kappa shape index (κ1) is 10.7. The minimum absolute atomic E-state index is 0.344. The van der Waals surface area contributed by atoms with E-state index in [-0.39, 0.29) is 0 Å². The predicted molar refractivity (Wildman–Crippen MR) is 61.8 cm³/mol. The Bertz CT molecular complexity index is 299. The van der Waals surface area contributed by atoms with E-state index >= 15 is 0 Å². The molecule has 1 N–H and O–H groups in total. The number of rotatable bonds is 3. The molecule has 1 saturated heterocycles. The molecule has 0 unspecified atom stereocenters. The van der Waals surface area contributed by atoms with Crippen LogP contribution >= 0.6 is 0 Å². The Morgan fingerprint density at radius 1 is 1.33 bits per heavy atom. The predicted octanol–water partition coefficient (Wildman–Crippen LogP) is 2.51. The SMILES string of the molecule is C[C@H](N[C@@H]1CCO[C@H]1C)c1ccccc1. The fourth-order valence-corrected chi connectivity index (χ4v) is 2.11. The van der Waals surface area contributed by atoms with E-state index in [1.165, 1.54) is 5.56 Å². The van der Waals surface area contributed by atoms with Crippen molar-refractivity contribution >= 4 is 0 Å². The van der Waals surface area contributed by atoms with Crippen molar-refractivity contribution in [1.29, 1.82) is 0 Å². The lowest BCUT2D eigenvalue weighted by molar-refractivity contribution is 0.111. The number of benzene rings is 1. The minimum atomic E-state index is 0.344. The number of ether oxygens (including phenoxy) is 1. The van der Waals surface area contributed by atoms with E-state index in [1.54, 1.807) is 0 Å². The van der Waals surface area contributed by atoms with E-state index in [4.69, 9.17) is 4.74 Å². The van der Waals surface area contributed by atoms with Gasteiger partial charge in [0.2, 0.25) is 0 Å². The lowest BCUT2D eigenvalue weighted by Gasteiger charge is -2.21. The van der Waals surface area contributed by atoms with E-state index in [9.17, 15) is 0 Å². The highest BCUT2D eigenvalue weighted by Crippen LogP contribution is 2.18. The van der Waals surface area contributed by atoms with Gasteiger partial charge in [-0.25, -0.2) is 0 Å². The number of hydrogen-bond acceptors (Lipinski definition) is 2. The summed E-state index contributed by atoms with van der Waals surface area (Å²) in [7, 11) is 0. The molecule has 1 fully saturated rings. The summed E-state index contributed by atoms with van der Waals surface area (Å²) in [5, 5.41) is 3.62. The third-order valence-electron chi connectivity index (χ3n) is 3.14. The summed E-state index contributed by atoms with van der Waals surface area (Å²) in [6.07, 6.45) is 1.47. The average Bonchev–Trinajstić information content (AvgIpc) is 2.66. The van der Waals surface area contributed by atoms with Crippen LogP contribution in [0.2, 0.25) is 0 Å². The highest BCUT2D eigenvalue weighted by molar-refractivity contribution is 5.18. The van der Waals surface area contributed by atoms with Crippen LogP contribution in [0.15, 0.2) is 30.3 Å². The van der Waals surface area contributed by atoms with Crippen LogP contribution in [0.3, 0.4) is 0 Å². The topological polar surface area (TPSA) is 21.3 Å². The Labute approximate surface area is 91.6 Å². The van der Waals surface area contributed by atoms with Gasteiger partial charge in [-0.05, 0) is 25.8 Å². The summed E-state index contributed by atoms with van der Waals surface area (Å²) >= 11 is 0. The summed E-state index contributed by atoms with van der Waals surface area (Å²) in [4.78, 5) is 0. The number of hydrogen-bond donors (Lipinski definition) is 1. The average molecular weight is 205 g/mol. The van der Waals surface area contributed by atoms with Gasteiger partial charge in [0.25, 0.3) is 0 Å². The second kappa shape index (κ2) is 4.77. The van der Waals surface area contributed by atoms with Crippen LogP contribution < -0.4 is 5.32 Å². The smallest absolute Gasteiger partial charge is 0.0700 e. The van der Waals surface area contributed by atoms with Crippen molar-refractivity contribution < 1.29 is 4.74 Å². The molecule has 0 amide bonds. The molecule has 1 aromatic rings. The first-order valence-electron chi connectivity index (χ1n) is 5.70. The van der Waals surface area contributed by atoms with Crippen LogP contribution in [0.1, 0.15) is 31.9 Å². The van der Waals surface area contributed by atoms with E-state index in [0.29, 0.717) is 18.2 Å². The molecule has 1 aliphatic heterocycles.